The summed E-state index contributed by atoms with van der Waals surface area (Å²) in [5.41, 5.74) is 0.779. The van der Waals surface area contributed by atoms with E-state index in [2.05, 4.69) is 10.2 Å². The lowest BCUT2D eigenvalue weighted by Crippen LogP contribution is -2.35. The Morgan fingerprint density at radius 2 is 2.00 bits per heavy atom. The van der Waals surface area contributed by atoms with Gasteiger partial charge in [-0.15, -0.1) is 10.2 Å². The number of allylic oxidation sites excluding steroid dienone is 2. The molecule has 1 aromatic rings. The van der Waals surface area contributed by atoms with E-state index in [1.54, 1.807) is 0 Å². The summed E-state index contributed by atoms with van der Waals surface area (Å²) in [4.78, 5) is 23.6. The van der Waals surface area contributed by atoms with E-state index < -0.39 is 5.91 Å². The van der Waals surface area contributed by atoms with E-state index in [1.807, 2.05) is 6.08 Å². The molecule has 0 radical (unpaired) electrons. The van der Waals surface area contributed by atoms with Crippen LogP contribution >= 0.6 is 0 Å². The number of aromatic nitrogens is 3. The van der Waals surface area contributed by atoms with Crippen molar-refractivity contribution >= 4 is 11.7 Å². The van der Waals surface area contributed by atoms with Gasteiger partial charge in [0.2, 0.25) is 5.78 Å². The van der Waals surface area contributed by atoms with Crippen LogP contribution in [0.4, 0.5) is 0 Å². The average molecular weight is 218 g/mol. The second-order valence-corrected chi connectivity index (χ2v) is 3.94. The Labute approximate surface area is 91.5 Å². The second-order valence-electron chi connectivity index (χ2n) is 3.94. The van der Waals surface area contributed by atoms with Gasteiger partial charge >= 0.3 is 5.91 Å². The van der Waals surface area contributed by atoms with Crippen molar-refractivity contribution in [1.82, 2.24) is 14.9 Å². The monoisotopic (exact) mass is 218 g/mol. The zero-order valence-electron chi connectivity index (χ0n) is 8.54. The molecule has 1 aliphatic heterocycles. The SMILES string of the molecule is O=C1C(=O)N(n2cnnc2)C2=CCCCC12. The molecule has 1 fully saturated rings. The van der Waals surface area contributed by atoms with Crippen molar-refractivity contribution in [1.29, 1.82) is 0 Å². The minimum atomic E-state index is -0.488. The molecular formula is C10H10N4O2. The predicted octanol–water partition coefficient (Wildman–Crippen LogP) is 0.00940. The Balaban J connectivity index is 2.08. The number of nitrogens with zero attached hydrogens (tertiary/aromatic N) is 4. The van der Waals surface area contributed by atoms with Gasteiger partial charge in [0, 0.05) is 0 Å². The fraction of sp³-hybridized carbons (Fsp3) is 0.400. The zero-order chi connectivity index (χ0) is 11.1. The van der Waals surface area contributed by atoms with Gasteiger partial charge in [-0.2, -0.15) is 0 Å². The van der Waals surface area contributed by atoms with E-state index in [9.17, 15) is 9.59 Å². The summed E-state index contributed by atoms with van der Waals surface area (Å²) in [6.45, 7) is 0. The highest BCUT2D eigenvalue weighted by Crippen LogP contribution is 2.33. The first-order chi connectivity index (χ1) is 7.79. The van der Waals surface area contributed by atoms with Crippen molar-refractivity contribution in [3.63, 3.8) is 0 Å². The highest BCUT2D eigenvalue weighted by Gasteiger charge is 2.45. The molecule has 16 heavy (non-hydrogen) atoms. The Morgan fingerprint density at radius 3 is 2.75 bits per heavy atom. The lowest BCUT2D eigenvalue weighted by molar-refractivity contribution is -0.136. The first kappa shape index (κ1) is 9.26. The first-order valence-electron chi connectivity index (χ1n) is 5.22. The van der Waals surface area contributed by atoms with Crippen molar-refractivity contribution in [2.75, 3.05) is 5.01 Å². The minimum Gasteiger partial charge on any atom is -0.288 e. The molecule has 2 heterocycles. The number of amides is 1. The van der Waals surface area contributed by atoms with Crippen molar-refractivity contribution in [3.05, 3.63) is 24.4 Å². The minimum absolute atomic E-state index is 0.261. The summed E-state index contributed by atoms with van der Waals surface area (Å²) in [5, 5.41) is 8.66. The van der Waals surface area contributed by atoms with Crippen LogP contribution in [0.2, 0.25) is 0 Å². The smallest absolute Gasteiger partial charge is 0.288 e. The van der Waals surface area contributed by atoms with Crippen LogP contribution < -0.4 is 5.01 Å². The molecule has 0 saturated carbocycles. The molecule has 3 rings (SSSR count). The fourth-order valence-electron chi connectivity index (χ4n) is 2.27. The molecular weight excluding hydrogens is 208 g/mol. The number of fused-ring (bicyclic) bond motifs is 1. The summed E-state index contributed by atoms with van der Waals surface area (Å²) in [6.07, 6.45) is 7.42. The topological polar surface area (TPSA) is 68.1 Å². The third-order valence-electron chi connectivity index (χ3n) is 3.01. The van der Waals surface area contributed by atoms with E-state index >= 15 is 0 Å². The van der Waals surface area contributed by atoms with Gasteiger partial charge < -0.3 is 0 Å². The van der Waals surface area contributed by atoms with Gasteiger partial charge in [0.25, 0.3) is 0 Å². The highest BCUT2D eigenvalue weighted by atomic mass is 16.2. The van der Waals surface area contributed by atoms with Gasteiger partial charge in [-0.25, -0.2) is 9.69 Å². The average Bonchev–Trinajstić information content (AvgIpc) is 2.89. The van der Waals surface area contributed by atoms with E-state index in [0.29, 0.717) is 0 Å². The first-order valence-corrected chi connectivity index (χ1v) is 5.22. The summed E-state index contributed by atoms with van der Waals surface area (Å²) in [7, 11) is 0. The lowest BCUT2D eigenvalue weighted by Gasteiger charge is -2.21. The molecule has 0 N–H and O–H groups in total. The quantitative estimate of drug-likeness (QED) is 0.623. The maximum atomic E-state index is 11.8. The van der Waals surface area contributed by atoms with Crippen LogP contribution in [-0.4, -0.2) is 26.6 Å². The molecule has 2 aliphatic rings. The fourth-order valence-corrected chi connectivity index (χ4v) is 2.27. The summed E-state index contributed by atoms with van der Waals surface area (Å²) in [5.74, 6) is -1.07. The molecule has 0 aromatic carbocycles. The number of ketones is 1. The second kappa shape index (κ2) is 3.26. The van der Waals surface area contributed by atoms with Crippen LogP contribution in [-0.2, 0) is 9.59 Å². The summed E-state index contributed by atoms with van der Waals surface area (Å²) in [6, 6.07) is 0. The van der Waals surface area contributed by atoms with Crippen LogP contribution in [0.5, 0.6) is 0 Å². The number of hydrogen-bond acceptors (Lipinski definition) is 4. The lowest BCUT2D eigenvalue weighted by atomic mass is 9.92. The molecule has 1 aliphatic carbocycles. The molecule has 1 unspecified atom stereocenters. The number of rotatable bonds is 1. The number of carbonyl (C=O) groups is 2. The molecule has 1 atom stereocenters. The van der Waals surface area contributed by atoms with Crippen molar-refractivity contribution in [2.45, 2.75) is 19.3 Å². The molecule has 1 amide bonds. The van der Waals surface area contributed by atoms with Crippen LogP contribution in [0, 0.1) is 5.92 Å². The van der Waals surface area contributed by atoms with Gasteiger partial charge in [-0.05, 0) is 19.3 Å². The highest BCUT2D eigenvalue weighted by molar-refractivity contribution is 6.44. The van der Waals surface area contributed by atoms with Crippen LogP contribution in [0.1, 0.15) is 19.3 Å². The van der Waals surface area contributed by atoms with Crippen LogP contribution in [0.15, 0.2) is 24.4 Å². The van der Waals surface area contributed by atoms with E-state index in [0.717, 1.165) is 25.0 Å². The number of hydrogen-bond donors (Lipinski definition) is 0. The Morgan fingerprint density at radius 1 is 1.25 bits per heavy atom. The Hall–Kier alpha value is -1.98. The van der Waals surface area contributed by atoms with Crippen molar-refractivity contribution in [3.8, 4) is 0 Å². The molecule has 6 heteroatoms. The normalized spacial score (nSPS) is 24.6. The molecule has 1 aromatic heterocycles. The zero-order valence-corrected chi connectivity index (χ0v) is 8.54. The third kappa shape index (κ3) is 1.13. The molecule has 1 saturated heterocycles. The maximum absolute atomic E-state index is 11.8. The summed E-state index contributed by atoms with van der Waals surface area (Å²) < 4.78 is 1.46. The van der Waals surface area contributed by atoms with E-state index in [1.165, 1.54) is 22.3 Å². The van der Waals surface area contributed by atoms with Crippen LogP contribution in [0.3, 0.4) is 0 Å². The molecule has 0 spiro atoms. The van der Waals surface area contributed by atoms with Gasteiger partial charge in [-0.3, -0.25) is 9.59 Å². The maximum Gasteiger partial charge on any atom is 0.313 e. The van der Waals surface area contributed by atoms with Crippen LogP contribution in [0.25, 0.3) is 0 Å². The van der Waals surface area contributed by atoms with Gasteiger partial charge in [0.1, 0.15) is 12.7 Å². The predicted molar refractivity (Wildman–Crippen MR) is 53.7 cm³/mol. The van der Waals surface area contributed by atoms with Crippen molar-refractivity contribution in [2.24, 2.45) is 5.92 Å². The third-order valence-corrected chi connectivity index (χ3v) is 3.01. The number of carbonyl (C=O) groups excluding carboxylic acids is 2. The van der Waals surface area contributed by atoms with Gasteiger partial charge in [0.05, 0.1) is 11.6 Å². The molecule has 0 bridgehead atoms. The van der Waals surface area contributed by atoms with E-state index in [-0.39, 0.29) is 11.7 Å². The van der Waals surface area contributed by atoms with Gasteiger partial charge in [-0.1, -0.05) is 6.08 Å². The Bertz CT molecular complexity index is 477. The largest absolute Gasteiger partial charge is 0.313 e. The number of Topliss-reactive ketones (excluding diaryl/α,β-unsaturated/α-hetero) is 1. The van der Waals surface area contributed by atoms with Crippen molar-refractivity contribution < 1.29 is 9.59 Å². The standard InChI is InChI=1S/C10H10N4O2/c15-9-7-3-1-2-4-8(7)14(10(9)16)13-5-11-12-6-13/h4-7H,1-3H2. The van der Waals surface area contributed by atoms with E-state index in [4.69, 9.17) is 0 Å². The molecule has 6 nitrogen and oxygen atoms in total. The molecule has 82 valence electrons. The summed E-state index contributed by atoms with van der Waals surface area (Å²) >= 11 is 0. The van der Waals surface area contributed by atoms with Gasteiger partial charge in [0.15, 0.2) is 0 Å². The Kier molecular flexibility index (Phi) is 1.89.